The minimum Gasteiger partial charge on any atom is -0.449 e. The predicted octanol–water partition coefficient (Wildman–Crippen LogP) is 7.64. The van der Waals surface area contributed by atoms with Crippen molar-refractivity contribution in [2.45, 2.75) is 116 Å². The van der Waals surface area contributed by atoms with Crippen LogP contribution in [0, 0.1) is 11.3 Å². The van der Waals surface area contributed by atoms with Gasteiger partial charge in [-0.25, -0.2) is 0 Å². The Hall–Kier alpha value is -0.871. The van der Waals surface area contributed by atoms with Gasteiger partial charge in [-0.2, -0.15) is 5.26 Å². The van der Waals surface area contributed by atoms with Crippen LogP contribution in [0.2, 0.25) is 33.2 Å². The summed E-state index contributed by atoms with van der Waals surface area (Å²) in [5, 5.41) is 9.28. The Kier molecular flexibility index (Phi) is 10.3. The van der Waals surface area contributed by atoms with Gasteiger partial charge < -0.3 is 8.69 Å². The van der Waals surface area contributed by atoms with Crippen molar-refractivity contribution in [1.82, 2.24) is 0 Å². The normalized spacial score (nSPS) is 13.2. The van der Waals surface area contributed by atoms with Gasteiger partial charge in [0.05, 0.1) is 11.6 Å². The van der Waals surface area contributed by atoms with Crippen molar-refractivity contribution >= 4 is 29.2 Å². The number of nitriles is 1. The van der Waals surface area contributed by atoms with Crippen molar-refractivity contribution < 1.29 is 8.69 Å². The first-order valence-corrected chi connectivity index (χ1v) is 16.4. The average Bonchev–Trinajstić information content (AvgIpc) is 2.66. The molecule has 0 saturated carbocycles. The summed E-state index contributed by atoms with van der Waals surface area (Å²) in [6.45, 7) is 27.8. The van der Waals surface area contributed by atoms with Crippen molar-refractivity contribution in [1.29, 1.82) is 5.26 Å². The van der Waals surface area contributed by atoms with E-state index in [1.54, 1.807) is 0 Å². The minimum atomic E-state index is -2.17. The summed E-state index contributed by atoms with van der Waals surface area (Å²) in [6.07, 6.45) is 0. The van der Waals surface area contributed by atoms with Crippen molar-refractivity contribution in [2.24, 2.45) is 0 Å². The van der Waals surface area contributed by atoms with Crippen LogP contribution in [0.3, 0.4) is 0 Å². The zero-order valence-corrected chi connectivity index (χ0v) is 24.1. The van der Waals surface area contributed by atoms with Crippen LogP contribution in [0.1, 0.15) is 88.6 Å². The van der Waals surface area contributed by atoms with Crippen LogP contribution < -0.4 is 5.46 Å². The summed E-state index contributed by atoms with van der Waals surface area (Å²) in [4.78, 5) is 0. The highest BCUT2D eigenvalue weighted by molar-refractivity contribution is 6.90. The number of hydrogen-bond acceptors (Lipinski definition) is 3. The second-order valence-electron chi connectivity index (χ2n) is 10.9. The van der Waals surface area contributed by atoms with Crippen LogP contribution in [0.5, 0.6) is 0 Å². The van der Waals surface area contributed by atoms with Gasteiger partial charge in [0.25, 0.3) is 0 Å². The highest BCUT2D eigenvalue weighted by Crippen LogP contribution is 2.46. The van der Waals surface area contributed by atoms with Crippen molar-refractivity contribution in [3.63, 3.8) is 0 Å². The molecule has 0 spiro atoms. The molecule has 0 fully saturated rings. The third-order valence-electron chi connectivity index (χ3n) is 7.35. The van der Waals surface area contributed by atoms with Crippen LogP contribution in [-0.2, 0) is 8.69 Å². The number of benzene rings is 1. The van der Waals surface area contributed by atoms with Crippen LogP contribution in [0.4, 0.5) is 0 Å². The summed E-state index contributed by atoms with van der Waals surface area (Å²) in [5.41, 5.74) is 4.57. The van der Waals surface area contributed by atoms with Crippen LogP contribution in [0.25, 0.3) is 0 Å². The number of hydrogen-bond donors (Lipinski definition) is 0. The minimum absolute atomic E-state index is 0.384. The molecule has 31 heavy (non-hydrogen) atoms. The first kappa shape index (κ1) is 28.2. The fourth-order valence-corrected chi connectivity index (χ4v) is 16.9. The lowest BCUT2D eigenvalue weighted by atomic mass is 9.80. The molecule has 1 aromatic rings. The zero-order valence-electron chi connectivity index (χ0n) is 22.1. The van der Waals surface area contributed by atoms with Gasteiger partial charge in [0.15, 0.2) is 16.6 Å². The van der Waals surface area contributed by atoms with Crippen molar-refractivity contribution in [3.05, 3.63) is 29.8 Å². The molecule has 0 N–H and O–H groups in total. The maximum atomic E-state index is 9.28. The maximum absolute atomic E-state index is 9.28. The van der Waals surface area contributed by atoms with Gasteiger partial charge in [-0.1, -0.05) is 95.2 Å². The van der Waals surface area contributed by atoms with Gasteiger partial charge in [0, 0.05) is 0 Å². The monoisotopic (exact) mass is 459 g/mol. The summed E-state index contributed by atoms with van der Waals surface area (Å²) < 4.78 is 14.5. The van der Waals surface area contributed by atoms with Gasteiger partial charge in [0.1, 0.15) is 0 Å². The molecule has 0 atom stereocenters. The van der Waals surface area contributed by atoms with Gasteiger partial charge in [-0.15, -0.1) is 0 Å². The first-order valence-electron chi connectivity index (χ1n) is 12.1. The Balaban J connectivity index is 3.66. The Morgan fingerprint density at radius 1 is 0.613 bits per heavy atom. The molecule has 0 bridgehead atoms. The fourth-order valence-electron chi connectivity index (χ4n) is 6.06. The molecule has 0 aromatic heterocycles. The van der Waals surface area contributed by atoms with Crippen molar-refractivity contribution in [3.8, 4) is 6.07 Å². The summed E-state index contributed by atoms with van der Waals surface area (Å²) in [5.74, 6) is 0. The van der Waals surface area contributed by atoms with Gasteiger partial charge >= 0.3 is 7.12 Å². The topological polar surface area (TPSA) is 42.2 Å². The average molecular weight is 460 g/mol. The van der Waals surface area contributed by atoms with E-state index < -0.39 is 16.6 Å². The molecule has 0 amide bonds. The Morgan fingerprint density at radius 3 is 1.13 bits per heavy atom. The lowest BCUT2D eigenvalue weighted by Crippen LogP contribution is -2.60. The maximum Gasteiger partial charge on any atom is 0.472 e. The van der Waals surface area contributed by atoms with E-state index in [1.165, 1.54) is 0 Å². The standard InChI is InChI=1S/C25H46BNO2Si2/c1-18(2)30(19(3)4,20(5)6)28-26(25-15-13-24(17-27)14-16-25)29-31(21(7)8,22(9)10)23(11)12/h13-16,18-23H,1-12H3. The Bertz CT molecular complexity index is 646. The van der Waals surface area contributed by atoms with E-state index in [1.807, 2.05) is 24.3 Å². The third-order valence-corrected chi connectivity index (χ3v) is 19.4. The van der Waals surface area contributed by atoms with E-state index in [2.05, 4.69) is 89.2 Å². The van der Waals surface area contributed by atoms with Crippen molar-refractivity contribution in [2.75, 3.05) is 0 Å². The first-order chi connectivity index (χ1) is 14.3. The number of rotatable bonds is 11. The summed E-state index contributed by atoms with van der Waals surface area (Å²) >= 11 is 0. The smallest absolute Gasteiger partial charge is 0.449 e. The molecule has 174 valence electrons. The molecular weight excluding hydrogens is 413 g/mol. The predicted molar refractivity (Wildman–Crippen MR) is 141 cm³/mol. The molecule has 6 heteroatoms. The van der Waals surface area contributed by atoms with Crippen LogP contribution >= 0.6 is 0 Å². The molecule has 3 nitrogen and oxygen atoms in total. The van der Waals surface area contributed by atoms with Gasteiger partial charge in [0.2, 0.25) is 0 Å². The van der Waals surface area contributed by atoms with Crippen LogP contribution in [0.15, 0.2) is 24.3 Å². The molecule has 0 aliphatic carbocycles. The molecular formula is C25H46BNO2Si2. The van der Waals surface area contributed by atoms with E-state index in [4.69, 9.17) is 8.69 Å². The number of nitrogens with zero attached hydrogens (tertiary/aromatic N) is 1. The quantitative estimate of drug-likeness (QED) is 0.319. The lowest BCUT2D eigenvalue weighted by molar-refractivity contribution is 0.378. The van der Waals surface area contributed by atoms with E-state index in [0.29, 0.717) is 38.8 Å². The van der Waals surface area contributed by atoms with E-state index >= 15 is 0 Å². The lowest BCUT2D eigenvalue weighted by Gasteiger charge is -2.48. The van der Waals surface area contributed by atoms with Crippen LogP contribution in [-0.4, -0.2) is 23.8 Å². The molecule has 0 saturated heterocycles. The second-order valence-corrected chi connectivity index (χ2v) is 21.8. The second kappa shape index (κ2) is 11.3. The Labute approximate surface area is 195 Å². The van der Waals surface area contributed by atoms with E-state index in [9.17, 15) is 5.26 Å². The third kappa shape index (κ3) is 5.74. The van der Waals surface area contributed by atoms with E-state index in [-0.39, 0.29) is 7.12 Å². The highest BCUT2D eigenvalue weighted by atomic mass is 28.4. The van der Waals surface area contributed by atoms with Gasteiger partial charge in [-0.05, 0) is 50.8 Å². The molecule has 0 heterocycles. The summed E-state index contributed by atoms with van der Waals surface area (Å²) in [7, 11) is -4.72. The molecule has 0 unspecified atom stereocenters. The Morgan fingerprint density at radius 2 is 0.903 bits per heavy atom. The fraction of sp³-hybridized carbons (Fsp3) is 0.720. The molecule has 0 aliphatic rings. The molecule has 0 aliphatic heterocycles. The SMILES string of the molecule is CC(C)[Si](OB(O[Si](C(C)C)(C(C)C)C(C)C)c1ccc(C#N)cc1)(C(C)C)C(C)C. The molecule has 1 aromatic carbocycles. The molecule has 0 radical (unpaired) electrons. The largest absolute Gasteiger partial charge is 0.472 e. The molecule has 1 rings (SSSR count). The highest BCUT2D eigenvalue weighted by Gasteiger charge is 2.52. The summed E-state index contributed by atoms with van der Waals surface area (Å²) in [6, 6.07) is 10.1. The van der Waals surface area contributed by atoms with E-state index in [0.717, 1.165) is 5.46 Å². The zero-order chi connectivity index (χ0) is 24.1. The van der Waals surface area contributed by atoms with Gasteiger partial charge in [-0.3, -0.25) is 0 Å².